The van der Waals surface area contributed by atoms with Crippen LogP contribution in [0.1, 0.15) is 195 Å². The van der Waals surface area contributed by atoms with Crippen molar-refractivity contribution < 1.29 is 29.0 Å². The first-order valence-corrected chi connectivity index (χ1v) is 17.9. The third kappa shape index (κ3) is 36.3. The molecule has 2 atom stereocenters. The molecule has 0 aromatic carbocycles. The number of amides is 1. The van der Waals surface area contributed by atoms with Crippen molar-refractivity contribution in [1.82, 2.24) is 5.32 Å². The van der Waals surface area contributed by atoms with Gasteiger partial charge in [-0.15, -0.1) is 0 Å². The van der Waals surface area contributed by atoms with Crippen LogP contribution >= 0.6 is 0 Å². The molecule has 0 spiro atoms. The Morgan fingerprint density at radius 2 is 0.884 bits per heavy atom. The highest BCUT2D eigenvalue weighted by molar-refractivity contribution is 5.70. The molecule has 4 N–H and O–H groups in total. The topological polar surface area (TPSA) is 128 Å². The zero-order valence-electron chi connectivity index (χ0n) is 28.6. The van der Waals surface area contributed by atoms with Crippen LogP contribution in [0.4, 0.5) is 4.79 Å². The number of carbonyl (C=O) groups excluding carboxylic acids is 2. The molecular formula is C35H70N2O6. The largest absolute Gasteiger partial charge is 0.465 e. The summed E-state index contributed by atoms with van der Waals surface area (Å²) in [5.74, 6) is -0.442. The van der Waals surface area contributed by atoms with Gasteiger partial charge in [-0.25, -0.2) is 4.79 Å². The number of rotatable bonds is 29. The summed E-state index contributed by atoms with van der Waals surface area (Å²) < 4.78 is 10.3. The minimum atomic E-state index is -1.16. The maximum Gasteiger partial charge on any atom is 0.407 e. The Bertz CT molecular complexity index is 631. The van der Waals surface area contributed by atoms with Gasteiger partial charge in [-0.1, -0.05) is 156 Å². The third-order valence-electron chi connectivity index (χ3n) is 7.43. The number of carbonyl (C=O) groups is 3. The first-order chi connectivity index (χ1) is 20.8. The molecule has 0 saturated heterocycles. The van der Waals surface area contributed by atoms with E-state index in [1.54, 1.807) is 0 Å². The van der Waals surface area contributed by atoms with E-state index in [2.05, 4.69) is 19.2 Å². The molecule has 1 amide bonds. The zero-order chi connectivity index (χ0) is 32.4. The maximum atomic E-state index is 11.7. The number of nitrogens with one attached hydrogen (secondary N) is 1. The molecule has 8 nitrogen and oxygen atoms in total. The van der Waals surface area contributed by atoms with E-state index in [-0.39, 0.29) is 11.9 Å². The summed E-state index contributed by atoms with van der Waals surface area (Å²) in [6.45, 7) is 8.44. The molecule has 0 rings (SSSR count). The fourth-order valence-electron chi connectivity index (χ4n) is 4.86. The van der Waals surface area contributed by atoms with Crippen molar-refractivity contribution in [3.8, 4) is 0 Å². The molecule has 0 aromatic heterocycles. The van der Waals surface area contributed by atoms with Crippen LogP contribution in [0.3, 0.4) is 0 Å². The Hall–Kier alpha value is -1.83. The van der Waals surface area contributed by atoms with E-state index >= 15 is 0 Å². The smallest absolute Gasteiger partial charge is 0.407 e. The quantitative estimate of drug-likeness (QED) is 0.0434. The zero-order valence-corrected chi connectivity index (χ0v) is 28.6. The predicted molar refractivity (Wildman–Crippen MR) is 178 cm³/mol. The van der Waals surface area contributed by atoms with E-state index in [1.165, 1.54) is 96.3 Å². The number of hydrogen-bond donors (Lipinski definition) is 3. The lowest BCUT2D eigenvalue weighted by Gasteiger charge is -2.16. The van der Waals surface area contributed by atoms with Crippen LogP contribution in [-0.2, 0) is 19.1 Å². The van der Waals surface area contributed by atoms with Crippen molar-refractivity contribution in [1.29, 1.82) is 0 Å². The van der Waals surface area contributed by atoms with Gasteiger partial charge in [-0.2, -0.15) is 0 Å². The van der Waals surface area contributed by atoms with Crippen LogP contribution in [0.15, 0.2) is 0 Å². The van der Waals surface area contributed by atoms with Gasteiger partial charge >= 0.3 is 18.0 Å². The summed E-state index contributed by atoms with van der Waals surface area (Å²) >= 11 is 0. The van der Waals surface area contributed by atoms with Gasteiger partial charge in [-0.05, 0) is 19.3 Å². The van der Waals surface area contributed by atoms with Gasteiger partial charge in [0.15, 0.2) is 12.5 Å². The van der Waals surface area contributed by atoms with Crippen LogP contribution in [-0.4, -0.2) is 35.6 Å². The number of esters is 2. The monoisotopic (exact) mass is 615 g/mol. The molecule has 0 heterocycles. The van der Waals surface area contributed by atoms with Gasteiger partial charge in [0.05, 0.1) is 0 Å². The molecule has 0 saturated carbocycles. The van der Waals surface area contributed by atoms with Gasteiger partial charge < -0.3 is 14.6 Å². The molecule has 2 unspecified atom stereocenters. The van der Waals surface area contributed by atoms with Gasteiger partial charge in [-0.3, -0.25) is 20.6 Å². The standard InChI is InChI=1S/C18H35NO4.C17H35NO2/c1-3-5-6-7-8-9-10-11-12-13-15-17(20)23-16(14-4-2)19-18(21)22;1-3-5-6-7-8-9-10-11-12-13-15-17(19)20-16(18)14-4-2/h16,19H,3-15H2,1-2H3,(H,21,22);16H,3-15,18H2,1-2H3. The molecule has 0 radical (unpaired) electrons. The van der Waals surface area contributed by atoms with Crippen LogP contribution < -0.4 is 11.1 Å². The van der Waals surface area contributed by atoms with E-state index in [0.29, 0.717) is 19.3 Å². The molecule has 0 bridgehead atoms. The number of hydrogen-bond acceptors (Lipinski definition) is 6. The molecule has 0 aliphatic rings. The Morgan fingerprint density at radius 3 is 1.23 bits per heavy atom. The van der Waals surface area contributed by atoms with Crippen molar-refractivity contribution in [2.24, 2.45) is 5.73 Å². The fourth-order valence-corrected chi connectivity index (χ4v) is 4.86. The number of carboxylic acid groups (broad SMARTS) is 1. The Kier molecular flexibility index (Phi) is 34.9. The highest BCUT2D eigenvalue weighted by Crippen LogP contribution is 2.13. The molecule has 256 valence electrons. The molecule has 43 heavy (non-hydrogen) atoms. The summed E-state index contributed by atoms with van der Waals surface area (Å²) in [6.07, 6.45) is 26.6. The van der Waals surface area contributed by atoms with E-state index in [9.17, 15) is 14.4 Å². The van der Waals surface area contributed by atoms with Crippen molar-refractivity contribution in [2.45, 2.75) is 207 Å². The lowest BCUT2D eigenvalue weighted by Crippen LogP contribution is -2.37. The van der Waals surface area contributed by atoms with Crippen molar-refractivity contribution >= 4 is 18.0 Å². The van der Waals surface area contributed by atoms with Crippen LogP contribution in [0.5, 0.6) is 0 Å². The Morgan fingerprint density at radius 1 is 0.535 bits per heavy atom. The second kappa shape index (κ2) is 34.7. The summed E-state index contributed by atoms with van der Waals surface area (Å²) in [7, 11) is 0. The van der Waals surface area contributed by atoms with Crippen molar-refractivity contribution in [2.75, 3.05) is 0 Å². The van der Waals surface area contributed by atoms with Gasteiger partial charge in [0.1, 0.15) is 0 Å². The third-order valence-corrected chi connectivity index (χ3v) is 7.43. The lowest BCUT2D eigenvalue weighted by atomic mass is 10.1. The second-order valence-corrected chi connectivity index (χ2v) is 11.9. The molecule has 0 aliphatic carbocycles. The van der Waals surface area contributed by atoms with Crippen LogP contribution in [0, 0.1) is 0 Å². The minimum absolute atomic E-state index is 0.134. The first-order valence-electron chi connectivity index (χ1n) is 17.9. The molecule has 0 fully saturated rings. The number of unbranched alkanes of at least 4 members (excludes halogenated alkanes) is 18. The van der Waals surface area contributed by atoms with Crippen molar-refractivity contribution in [3.05, 3.63) is 0 Å². The van der Waals surface area contributed by atoms with Gasteiger partial charge in [0.25, 0.3) is 0 Å². The summed E-state index contributed by atoms with van der Waals surface area (Å²) in [5.41, 5.74) is 5.66. The number of nitrogens with two attached hydrogens (primary N) is 1. The molecule has 0 aliphatic heterocycles. The van der Waals surface area contributed by atoms with Crippen molar-refractivity contribution in [3.63, 3.8) is 0 Å². The van der Waals surface area contributed by atoms with E-state index < -0.39 is 18.5 Å². The maximum absolute atomic E-state index is 11.7. The highest BCUT2D eigenvalue weighted by atomic mass is 16.6. The summed E-state index contributed by atoms with van der Waals surface area (Å²) in [4.78, 5) is 33.8. The molecule has 8 heteroatoms. The van der Waals surface area contributed by atoms with Gasteiger partial charge in [0, 0.05) is 19.3 Å². The highest BCUT2D eigenvalue weighted by Gasteiger charge is 2.15. The average Bonchev–Trinajstić information content (AvgIpc) is 2.95. The Balaban J connectivity index is 0. The molecule has 0 aromatic rings. The molecular weight excluding hydrogens is 544 g/mol. The fraction of sp³-hybridized carbons (Fsp3) is 0.914. The second-order valence-electron chi connectivity index (χ2n) is 11.9. The normalized spacial score (nSPS) is 12.1. The number of ether oxygens (including phenoxy) is 2. The average molecular weight is 615 g/mol. The van der Waals surface area contributed by atoms with E-state index in [1.807, 2.05) is 13.8 Å². The van der Waals surface area contributed by atoms with Crippen LogP contribution in [0.25, 0.3) is 0 Å². The van der Waals surface area contributed by atoms with E-state index in [4.69, 9.17) is 20.3 Å². The Labute approximate surface area is 265 Å². The lowest BCUT2D eigenvalue weighted by molar-refractivity contribution is -0.151. The summed E-state index contributed by atoms with van der Waals surface area (Å²) in [5, 5.41) is 10.9. The van der Waals surface area contributed by atoms with E-state index in [0.717, 1.165) is 51.4 Å². The SMILES string of the molecule is CCCCCCCCCCCCC(=O)OC(CCC)NC(=O)O.CCCCCCCCCCCCC(=O)OC(N)CCC. The predicted octanol–water partition coefficient (Wildman–Crippen LogP) is 10.2. The van der Waals surface area contributed by atoms with Crippen LogP contribution in [0.2, 0.25) is 0 Å². The first kappa shape index (κ1) is 43.3. The van der Waals surface area contributed by atoms with Gasteiger partial charge in [0.2, 0.25) is 0 Å². The minimum Gasteiger partial charge on any atom is -0.465 e. The summed E-state index contributed by atoms with van der Waals surface area (Å²) in [6, 6.07) is 0.